The maximum atomic E-state index is 11.9. The molecule has 0 atom stereocenters. The van der Waals surface area contributed by atoms with Crippen molar-refractivity contribution in [3.63, 3.8) is 0 Å². The Morgan fingerprint density at radius 3 is 2.18 bits per heavy atom. The number of hydrogen-bond acceptors (Lipinski definition) is 4. The monoisotopic (exact) mass is 253 g/mol. The largest absolute Gasteiger partial charge is 0.545 e. The summed E-state index contributed by atoms with van der Waals surface area (Å²) in [6, 6.07) is 2.25. The van der Waals surface area contributed by atoms with E-state index in [-0.39, 0.29) is 0 Å². The highest BCUT2D eigenvalue weighted by Gasteiger charge is 2.13. The first-order valence-corrected chi connectivity index (χ1v) is 4.15. The number of carboxylic acid groups (broad SMARTS) is 1. The molecule has 0 bridgehead atoms. The zero-order valence-corrected chi connectivity index (χ0v) is 8.03. The number of carbonyl (C=O) groups is 1. The van der Waals surface area contributed by atoms with Gasteiger partial charge in [0.15, 0.2) is 0 Å². The van der Waals surface area contributed by atoms with Crippen molar-refractivity contribution < 1.29 is 36.9 Å². The number of aromatic carboxylic acids is 1. The van der Waals surface area contributed by atoms with E-state index in [4.69, 9.17) is 0 Å². The summed E-state index contributed by atoms with van der Waals surface area (Å²) in [5, 5.41) is 10.5. The number of rotatable bonds is 5. The van der Waals surface area contributed by atoms with E-state index in [0.717, 1.165) is 12.1 Å². The molecule has 0 saturated carbocycles. The predicted octanol–water partition coefficient (Wildman–Crippen LogP) is 1.25. The van der Waals surface area contributed by atoms with E-state index in [9.17, 15) is 27.5 Å². The fourth-order valence-corrected chi connectivity index (χ4v) is 1.04. The number of carboxylic acids is 1. The molecule has 0 aliphatic rings. The van der Waals surface area contributed by atoms with Gasteiger partial charge in [0.05, 0.1) is 5.97 Å². The van der Waals surface area contributed by atoms with Crippen molar-refractivity contribution in [2.75, 3.05) is 0 Å². The van der Waals surface area contributed by atoms with Gasteiger partial charge < -0.3 is 19.4 Å². The molecular formula is C9H5F4O4-. The van der Waals surface area contributed by atoms with E-state index < -0.39 is 36.3 Å². The molecule has 17 heavy (non-hydrogen) atoms. The lowest BCUT2D eigenvalue weighted by Crippen LogP contribution is -2.23. The summed E-state index contributed by atoms with van der Waals surface area (Å²) < 4.78 is 55.3. The van der Waals surface area contributed by atoms with E-state index in [2.05, 4.69) is 9.47 Å². The minimum absolute atomic E-state index is 0.499. The summed E-state index contributed by atoms with van der Waals surface area (Å²) in [5.41, 5.74) is -0.688. The van der Waals surface area contributed by atoms with Crippen LogP contribution in [0.15, 0.2) is 18.2 Å². The second-order valence-corrected chi connectivity index (χ2v) is 2.70. The topological polar surface area (TPSA) is 58.6 Å². The van der Waals surface area contributed by atoms with Gasteiger partial charge >= 0.3 is 13.2 Å². The minimum atomic E-state index is -3.30. The van der Waals surface area contributed by atoms with Gasteiger partial charge in [-0.05, 0) is 12.1 Å². The lowest BCUT2D eigenvalue weighted by atomic mass is 10.2. The minimum Gasteiger partial charge on any atom is -0.545 e. The summed E-state index contributed by atoms with van der Waals surface area (Å²) in [5.74, 6) is -3.08. The molecule has 0 fully saturated rings. The van der Waals surface area contributed by atoms with Crippen LogP contribution in [0.4, 0.5) is 17.6 Å². The molecule has 0 aliphatic carbocycles. The van der Waals surface area contributed by atoms with Crippen LogP contribution in [0.1, 0.15) is 10.4 Å². The van der Waals surface area contributed by atoms with Gasteiger partial charge in [-0.1, -0.05) is 0 Å². The van der Waals surface area contributed by atoms with Gasteiger partial charge in [0.2, 0.25) is 0 Å². The number of hydrogen-bond donors (Lipinski definition) is 0. The Kier molecular flexibility index (Phi) is 4.13. The molecule has 0 aliphatic heterocycles. The third kappa shape index (κ3) is 3.82. The van der Waals surface area contributed by atoms with Crippen molar-refractivity contribution in [1.29, 1.82) is 0 Å². The van der Waals surface area contributed by atoms with Crippen LogP contribution in [0.25, 0.3) is 0 Å². The Hall–Kier alpha value is -1.99. The normalized spacial score (nSPS) is 10.7. The van der Waals surface area contributed by atoms with Crippen LogP contribution in [0.5, 0.6) is 11.5 Å². The molecule has 8 heteroatoms. The van der Waals surface area contributed by atoms with Gasteiger partial charge in [-0.2, -0.15) is 17.6 Å². The first-order chi connectivity index (χ1) is 7.90. The molecule has 0 N–H and O–H groups in total. The molecule has 0 heterocycles. The smallest absolute Gasteiger partial charge is 0.387 e. The molecule has 94 valence electrons. The van der Waals surface area contributed by atoms with E-state index in [0.29, 0.717) is 6.07 Å². The Morgan fingerprint density at radius 2 is 1.71 bits per heavy atom. The summed E-state index contributed by atoms with van der Waals surface area (Å²) in [7, 11) is 0. The molecule has 1 rings (SSSR count). The highest BCUT2D eigenvalue weighted by Crippen LogP contribution is 2.27. The molecule has 1 aromatic rings. The molecule has 1 aromatic carbocycles. The van der Waals surface area contributed by atoms with Gasteiger partial charge in [-0.25, -0.2) is 0 Å². The van der Waals surface area contributed by atoms with Crippen LogP contribution in [-0.4, -0.2) is 19.2 Å². The van der Waals surface area contributed by atoms with Crippen molar-refractivity contribution in [2.45, 2.75) is 13.2 Å². The standard InChI is InChI=1S/C9H6F4O4/c10-8(11)16-4-1-2-5(7(14)15)6(3-4)17-9(12)13/h1-3,8-9H,(H,14,15)/p-1. The Labute approximate surface area is 92.4 Å². The summed E-state index contributed by atoms with van der Waals surface area (Å²) in [4.78, 5) is 10.5. The highest BCUT2D eigenvalue weighted by atomic mass is 19.3. The fourth-order valence-electron chi connectivity index (χ4n) is 1.04. The lowest BCUT2D eigenvalue weighted by molar-refractivity contribution is -0.255. The van der Waals surface area contributed by atoms with E-state index >= 15 is 0 Å². The number of alkyl halides is 4. The first-order valence-electron chi connectivity index (χ1n) is 4.15. The maximum Gasteiger partial charge on any atom is 0.387 e. The third-order valence-corrected chi connectivity index (χ3v) is 1.61. The zero-order valence-electron chi connectivity index (χ0n) is 8.03. The fraction of sp³-hybridized carbons (Fsp3) is 0.222. The van der Waals surface area contributed by atoms with Gasteiger partial charge in [0.25, 0.3) is 0 Å². The molecule has 0 spiro atoms. The molecule has 0 unspecified atom stereocenters. The average molecular weight is 253 g/mol. The Bertz CT molecular complexity index is 408. The zero-order chi connectivity index (χ0) is 13.0. The lowest BCUT2D eigenvalue weighted by Gasteiger charge is -2.13. The van der Waals surface area contributed by atoms with Crippen LogP contribution in [0, 0.1) is 0 Å². The van der Waals surface area contributed by atoms with Crippen LogP contribution in [0.3, 0.4) is 0 Å². The van der Waals surface area contributed by atoms with Crippen LogP contribution in [0.2, 0.25) is 0 Å². The Morgan fingerprint density at radius 1 is 1.12 bits per heavy atom. The summed E-state index contributed by atoms with van der Waals surface area (Å²) in [6.45, 7) is -6.46. The second kappa shape index (κ2) is 5.37. The highest BCUT2D eigenvalue weighted by molar-refractivity contribution is 5.89. The van der Waals surface area contributed by atoms with Crippen molar-refractivity contribution in [2.24, 2.45) is 0 Å². The van der Waals surface area contributed by atoms with Crippen LogP contribution < -0.4 is 14.6 Å². The van der Waals surface area contributed by atoms with Crippen LogP contribution in [-0.2, 0) is 0 Å². The van der Waals surface area contributed by atoms with Gasteiger partial charge in [0, 0.05) is 11.6 Å². The quantitative estimate of drug-likeness (QED) is 0.741. The predicted molar refractivity (Wildman–Crippen MR) is 44.0 cm³/mol. The van der Waals surface area contributed by atoms with Gasteiger partial charge in [0.1, 0.15) is 11.5 Å². The van der Waals surface area contributed by atoms with E-state index in [1.807, 2.05) is 0 Å². The first kappa shape index (κ1) is 13.1. The molecule has 0 radical (unpaired) electrons. The van der Waals surface area contributed by atoms with E-state index in [1.165, 1.54) is 0 Å². The number of ether oxygens (including phenoxy) is 2. The van der Waals surface area contributed by atoms with Crippen molar-refractivity contribution in [1.82, 2.24) is 0 Å². The number of benzene rings is 1. The molecule has 0 saturated heterocycles. The molecule has 0 amide bonds. The van der Waals surface area contributed by atoms with E-state index in [1.54, 1.807) is 0 Å². The number of carbonyl (C=O) groups excluding carboxylic acids is 1. The SMILES string of the molecule is O=C([O-])c1ccc(OC(F)F)cc1OC(F)F. The summed E-state index contributed by atoms with van der Waals surface area (Å²) in [6.07, 6.45) is 0. The maximum absolute atomic E-state index is 11.9. The third-order valence-electron chi connectivity index (χ3n) is 1.61. The summed E-state index contributed by atoms with van der Waals surface area (Å²) >= 11 is 0. The van der Waals surface area contributed by atoms with Crippen molar-refractivity contribution in [3.05, 3.63) is 23.8 Å². The Balaban J connectivity index is 3.05. The van der Waals surface area contributed by atoms with Gasteiger partial charge in [-0.15, -0.1) is 0 Å². The molecule has 0 aromatic heterocycles. The van der Waals surface area contributed by atoms with Crippen molar-refractivity contribution >= 4 is 5.97 Å². The van der Waals surface area contributed by atoms with Crippen LogP contribution >= 0.6 is 0 Å². The molecule has 4 nitrogen and oxygen atoms in total. The second-order valence-electron chi connectivity index (χ2n) is 2.70. The number of halogens is 4. The van der Waals surface area contributed by atoms with Crippen molar-refractivity contribution in [3.8, 4) is 11.5 Å². The molecular weight excluding hydrogens is 248 g/mol. The van der Waals surface area contributed by atoms with Gasteiger partial charge in [-0.3, -0.25) is 0 Å². The average Bonchev–Trinajstić information content (AvgIpc) is 2.15.